The van der Waals surface area contributed by atoms with Crippen LogP contribution < -0.4 is 11.1 Å². The smallest absolute Gasteiger partial charge is 0.308 e. The van der Waals surface area contributed by atoms with E-state index in [1.807, 2.05) is 0 Å². The van der Waals surface area contributed by atoms with Crippen LogP contribution in [0.4, 0.5) is 0 Å². The van der Waals surface area contributed by atoms with E-state index >= 15 is 0 Å². The molecule has 22 heavy (non-hydrogen) atoms. The molecule has 0 unspecified atom stereocenters. The zero-order valence-corrected chi connectivity index (χ0v) is 14.1. The first-order chi connectivity index (χ1) is 10.3. The lowest BCUT2D eigenvalue weighted by atomic mass is 10.0. The average Bonchev–Trinajstić information content (AvgIpc) is 2.46. The lowest BCUT2D eigenvalue weighted by molar-refractivity contribution is -0.147. The lowest BCUT2D eigenvalue weighted by Gasteiger charge is -2.19. The molecule has 0 heterocycles. The van der Waals surface area contributed by atoms with Gasteiger partial charge in [-0.1, -0.05) is 28.9 Å². The Balaban J connectivity index is 2.74. The van der Waals surface area contributed by atoms with Gasteiger partial charge in [-0.15, -0.1) is 0 Å². The van der Waals surface area contributed by atoms with E-state index < -0.39 is 29.7 Å². The van der Waals surface area contributed by atoms with E-state index in [0.717, 1.165) is 4.47 Å². The highest BCUT2D eigenvalue weighted by atomic mass is 79.9. The van der Waals surface area contributed by atoms with Gasteiger partial charge in [-0.2, -0.15) is 0 Å². The number of hydrogen-bond donors (Lipinski definition) is 2. The van der Waals surface area contributed by atoms with Crippen molar-refractivity contribution >= 4 is 33.7 Å². The minimum atomic E-state index is -0.939. The first-order valence-corrected chi connectivity index (χ1v) is 7.66. The fraction of sp³-hybridized carbons (Fsp3) is 0.400. The maximum atomic E-state index is 12.1. The van der Waals surface area contributed by atoms with E-state index in [4.69, 9.17) is 10.5 Å². The Bertz CT molecular complexity index is 562. The summed E-state index contributed by atoms with van der Waals surface area (Å²) in [6, 6.07) is 5.80. The van der Waals surface area contributed by atoms with Gasteiger partial charge >= 0.3 is 5.97 Å². The predicted octanol–water partition coefficient (Wildman–Crippen LogP) is 1.62. The highest BCUT2D eigenvalue weighted by Crippen LogP contribution is 2.13. The molecule has 0 saturated carbocycles. The van der Waals surface area contributed by atoms with Gasteiger partial charge < -0.3 is 15.8 Å². The van der Waals surface area contributed by atoms with E-state index in [9.17, 15) is 14.4 Å². The largest absolute Gasteiger partial charge is 0.466 e. The highest BCUT2D eigenvalue weighted by Gasteiger charge is 2.25. The molecule has 0 aliphatic carbocycles. The van der Waals surface area contributed by atoms with E-state index in [2.05, 4.69) is 21.2 Å². The third kappa shape index (κ3) is 5.48. The molecular formula is C15H19BrN2O4. The summed E-state index contributed by atoms with van der Waals surface area (Å²) in [6.07, 6.45) is 0.0912. The van der Waals surface area contributed by atoms with Crippen LogP contribution in [0.5, 0.6) is 0 Å². The minimum absolute atomic E-state index is 0.0912. The minimum Gasteiger partial charge on any atom is -0.466 e. The molecule has 0 spiro atoms. The van der Waals surface area contributed by atoms with Gasteiger partial charge in [-0.05, 0) is 31.5 Å². The maximum absolute atomic E-state index is 12.1. The third-order valence-electron chi connectivity index (χ3n) is 3.01. The van der Waals surface area contributed by atoms with Gasteiger partial charge in [0, 0.05) is 10.0 Å². The van der Waals surface area contributed by atoms with Gasteiger partial charge in [0.15, 0.2) is 0 Å². The monoisotopic (exact) mass is 370 g/mol. The number of esters is 1. The number of amides is 2. The van der Waals surface area contributed by atoms with E-state index in [1.165, 1.54) is 0 Å². The van der Waals surface area contributed by atoms with Crippen LogP contribution in [0.2, 0.25) is 0 Å². The van der Waals surface area contributed by atoms with Crippen molar-refractivity contribution in [3.63, 3.8) is 0 Å². The van der Waals surface area contributed by atoms with Crippen LogP contribution in [0.15, 0.2) is 28.7 Å². The summed E-state index contributed by atoms with van der Waals surface area (Å²) in [4.78, 5) is 35.2. The van der Waals surface area contributed by atoms with Crippen molar-refractivity contribution in [1.82, 2.24) is 5.32 Å². The summed E-state index contributed by atoms with van der Waals surface area (Å²) in [5, 5.41) is 2.55. The van der Waals surface area contributed by atoms with Crippen LogP contribution in [-0.4, -0.2) is 30.4 Å². The second-order valence-electron chi connectivity index (χ2n) is 4.83. The van der Waals surface area contributed by atoms with Crippen LogP contribution in [0.3, 0.4) is 0 Å². The number of hydrogen-bond acceptors (Lipinski definition) is 4. The molecule has 0 aromatic heterocycles. The molecule has 6 nitrogen and oxygen atoms in total. The molecule has 0 radical (unpaired) electrons. The highest BCUT2D eigenvalue weighted by molar-refractivity contribution is 9.10. The van der Waals surface area contributed by atoms with Crippen LogP contribution in [0.25, 0.3) is 0 Å². The standard InChI is InChI=1S/C15H19BrN2O4/c1-3-22-15(21)9(2)7-12(13(17)19)18-14(20)10-5-4-6-11(16)8-10/h4-6,8-9,12H,3,7H2,1-2H3,(H2,17,19)(H,18,20)/t9-,12+/m0/s1. The number of halogens is 1. The molecule has 1 rings (SSSR count). The van der Waals surface area contributed by atoms with Crippen molar-refractivity contribution < 1.29 is 19.1 Å². The molecule has 1 aromatic carbocycles. The molecule has 0 aliphatic rings. The summed E-state index contributed by atoms with van der Waals surface area (Å²) in [6.45, 7) is 3.58. The Morgan fingerprint density at radius 3 is 2.59 bits per heavy atom. The summed E-state index contributed by atoms with van der Waals surface area (Å²) >= 11 is 3.27. The summed E-state index contributed by atoms with van der Waals surface area (Å²) in [5.41, 5.74) is 5.69. The van der Waals surface area contributed by atoms with Crippen molar-refractivity contribution in [3.05, 3.63) is 34.3 Å². The van der Waals surface area contributed by atoms with Crippen molar-refractivity contribution in [2.75, 3.05) is 6.61 Å². The molecule has 7 heteroatoms. The fourth-order valence-electron chi connectivity index (χ4n) is 1.85. The van der Waals surface area contributed by atoms with E-state index in [0.29, 0.717) is 5.56 Å². The summed E-state index contributed by atoms with van der Waals surface area (Å²) < 4.78 is 5.63. The fourth-order valence-corrected chi connectivity index (χ4v) is 2.25. The Morgan fingerprint density at radius 2 is 2.05 bits per heavy atom. The third-order valence-corrected chi connectivity index (χ3v) is 3.51. The van der Waals surface area contributed by atoms with Gasteiger partial charge in [-0.25, -0.2) is 0 Å². The van der Waals surface area contributed by atoms with Crippen LogP contribution in [-0.2, 0) is 14.3 Å². The molecular weight excluding hydrogens is 352 g/mol. The first kappa shape index (κ1) is 18.2. The molecule has 1 aromatic rings. The number of nitrogens with one attached hydrogen (secondary N) is 1. The number of nitrogens with two attached hydrogens (primary N) is 1. The summed E-state index contributed by atoms with van der Waals surface area (Å²) in [5.74, 6) is -2.09. The van der Waals surface area contributed by atoms with E-state index in [1.54, 1.807) is 38.1 Å². The van der Waals surface area contributed by atoms with Crippen molar-refractivity contribution in [2.24, 2.45) is 11.7 Å². The van der Waals surface area contributed by atoms with Gasteiger partial charge in [-0.3, -0.25) is 14.4 Å². The van der Waals surface area contributed by atoms with Crippen molar-refractivity contribution in [3.8, 4) is 0 Å². The number of ether oxygens (including phenoxy) is 1. The molecule has 2 amide bonds. The number of carbonyl (C=O) groups is 3. The second-order valence-corrected chi connectivity index (χ2v) is 5.74. The van der Waals surface area contributed by atoms with Crippen molar-refractivity contribution in [2.45, 2.75) is 26.3 Å². The zero-order valence-electron chi connectivity index (χ0n) is 12.5. The second kappa shape index (κ2) is 8.53. The molecule has 2 atom stereocenters. The van der Waals surface area contributed by atoms with Gasteiger partial charge in [0.05, 0.1) is 12.5 Å². The molecule has 0 bridgehead atoms. The maximum Gasteiger partial charge on any atom is 0.308 e. The van der Waals surface area contributed by atoms with Gasteiger partial charge in [0.2, 0.25) is 5.91 Å². The Kier molecular flexibility index (Phi) is 7.04. The molecule has 0 fully saturated rings. The van der Waals surface area contributed by atoms with Crippen LogP contribution >= 0.6 is 15.9 Å². The van der Waals surface area contributed by atoms with E-state index in [-0.39, 0.29) is 13.0 Å². The topological polar surface area (TPSA) is 98.5 Å². The Hall–Kier alpha value is -1.89. The van der Waals surface area contributed by atoms with Crippen LogP contribution in [0.1, 0.15) is 30.6 Å². The predicted molar refractivity (Wildman–Crippen MR) is 85.0 cm³/mol. The Morgan fingerprint density at radius 1 is 1.36 bits per heavy atom. The number of benzene rings is 1. The molecule has 0 aliphatic heterocycles. The summed E-state index contributed by atoms with van der Waals surface area (Å²) in [7, 11) is 0. The van der Waals surface area contributed by atoms with Crippen LogP contribution in [0, 0.1) is 5.92 Å². The van der Waals surface area contributed by atoms with Crippen molar-refractivity contribution in [1.29, 1.82) is 0 Å². The van der Waals surface area contributed by atoms with Gasteiger partial charge in [0.25, 0.3) is 5.91 Å². The van der Waals surface area contributed by atoms with Gasteiger partial charge in [0.1, 0.15) is 6.04 Å². The normalized spacial score (nSPS) is 13.0. The average molecular weight is 371 g/mol. The quantitative estimate of drug-likeness (QED) is 0.712. The SMILES string of the molecule is CCOC(=O)[C@@H](C)C[C@@H](NC(=O)c1cccc(Br)c1)C(N)=O. The number of rotatable bonds is 7. The number of carbonyl (C=O) groups excluding carboxylic acids is 3. The zero-order chi connectivity index (χ0) is 16.7. The molecule has 0 saturated heterocycles. The first-order valence-electron chi connectivity index (χ1n) is 6.87. The molecule has 120 valence electrons. The molecule has 3 N–H and O–H groups in total. The lowest BCUT2D eigenvalue weighted by Crippen LogP contribution is -2.46. The number of primary amides is 1. The Labute approximate surface area is 137 Å².